The number of likely N-dealkylation sites (tertiary alicyclic amines) is 1. The first-order valence-corrected chi connectivity index (χ1v) is 11.2. The van der Waals surface area contributed by atoms with E-state index in [0.717, 1.165) is 81.6 Å². The topological polar surface area (TPSA) is 52.7 Å². The molecule has 0 bridgehead atoms. The maximum atomic E-state index is 13.3. The van der Waals surface area contributed by atoms with Crippen molar-refractivity contribution in [1.29, 1.82) is 0 Å². The van der Waals surface area contributed by atoms with Crippen molar-refractivity contribution in [3.63, 3.8) is 0 Å². The maximum Gasteiger partial charge on any atom is 0.256 e. The molecule has 0 spiro atoms. The maximum absolute atomic E-state index is 13.3. The number of rotatable bonds is 4. The Balaban J connectivity index is 1.56. The van der Waals surface area contributed by atoms with Crippen molar-refractivity contribution in [2.75, 3.05) is 36.4 Å². The van der Waals surface area contributed by atoms with Gasteiger partial charge in [-0.3, -0.25) is 9.59 Å². The minimum absolute atomic E-state index is 0.116. The monoisotopic (exact) mass is 383 g/mol. The van der Waals surface area contributed by atoms with Crippen LogP contribution in [-0.4, -0.2) is 42.9 Å². The third-order valence-electron chi connectivity index (χ3n) is 6.56. The van der Waals surface area contributed by atoms with E-state index in [1.165, 1.54) is 25.7 Å². The number of piperidine rings is 1. The fraction of sp³-hybridized carbons (Fsp3) is 0.652. The van der Waals surface area contributed by atoms with Gasteiger partial charge in [0.05, 0.1) is 5.56 Å². The summed E-state index contributed by atoms with van der Waals surface area (Å²) < 4.78 is 0. The molecule has 0 radical (unpaired) electrons. The largest absolute Gasteiger partial charge is 0.371 e. The second-order valence-electron chi connectivity index (χ2n) is 8.60. The fourth-order valence-corrected chi connectivity index (χ4v) is 4.90. The van der Waals surface area contributed by atoms with Crippen molar-refractivity contribution in [2.45, 2.75) is 64.2 Å². The van der Waals surface area contributed by atoms with Gasteiger partial charge in [-0.2, -0.15) is 0 Å². The Labute approximate surface area is 168 Å². The summed E-state index contributed by atoms with van der Waals surface area (Å²) in [6.07, 6.45) is 11.2. The molecule has 1 saturated carbocycles. The lowest BCUT2D eigenvalue weighted by atomic mass is 9.88. The van der Waals surface area contributed by atoms with E-state index in [-0.39, 0.29) is 17.7 Å². The van der Waals surface area contributed by atoms with Gasteiger partial charge in [0.1, 0.15) is 0 Å². The Morgan fingerprint density at radius 2 is 1.46 bits per heavy atom. The van der Waals surface area contributed by atoms with Crippen LogP contribution in [0.4, 0.5) is 11.4 Å². The predicted octanol–water partition coefficient (Wildman–Crippen LogP) is 4.43. The molecule has 2 aliphatic heterocycles. The van der Waals surface area contributed by atoms with Crippen molar-refractivity contribution in [3.8, 4) is 0 Å². The zero-order chi connectivity index (χ0) is 19.3. The molecule has 0 atom stereocenters. The molecule has 2 amide bonds. The van der Waals surface area contributed by atoms with Gasteiger partial charge in [0.15, 0.2) is 0 Å². The molecule has 2 saturated heterocycles. The van der Waals surface area contributed by atoms with Gasteiger partial charge < -0.3 is 15.1 Å². The summed E-state index contributed by atoms with van der Waals surface area (Å²) in [6, 6.07) is 5.94. The Hall–Kier alpha value is -2.04. The molecule has 1 N–H and O–H groups in total. The van der Waals surface area contributed by atoms with Crippen LogP contribution in [-0.2, 0) is 4.79 Å². The molecule has 28 heavy (non-hydrogen) atoms. The normalized spacial score (nSPS) is 21.0. The van der Waals surface area contributed by atoms with Crippen LogP contribution in [0, 0.1) is 5.92 Å². The third-order valence-corrected chi connectivity index (χ3v) is 6.56. The molecular weight excluding hydrogens is 350 g/mol. The number of benzene rings is 1. The van der Waals surface area contributed by atoms with E-state index in [1.807, 2.05) is 23.1 Å². The van der Waals surface area contributed by atoms with Crippen LogP contribution in [0.2, 0.25) is 0 Å². The third kappa shape index (κ3) is 4.34. The van der Waals surface area contributed by atoms with E-state index in [0.29, 0.717) is 0 Å². The second kappa shape index (κ2) is 8.97. The highest BCUT2D eigenvalue weighted by Crippen LogP contribution is 2.30. The summed E-state index contributed by atoms with van der Waals surface area (Å²) in [6.45, 7) is 3.70. The zero-order valence-corrected chi connectivity index (χ0v) is 16.9. The standard InChI is InChI=1S/C23H33N3O2/c27-22(18-9-3-1-4-10-18)24-19-11-12-21(25-13-7-8-14-25)20(17-19)23(28)26-15-5-2-6-16-26/h11-12,17-18H,1-10,13-16H2,(H,24,27). The average Bonchev–Trinajstić information content (AvgIpc) is 3.29. The molecule has 3 aliphatic rings. The van der Waals surface area contributed by atoms with Crippen LogP contribution in [0.25, 0.3) is 0 Å². The number of amides is 2. The van der Waals surface area contributed by atoms with Gasteiger partial charge in [0.25, 0.3) is 5.91 Å². The van der Waals surface area contributed by atoms with Gasteiger partial charge in [-0.25, -0.2) is 0 Å². The summed E-state index contributed by atoms with van der Waals surface area (Å²) >= 11 is 0. The van der Waals surface area contributed by atoms with Gasteiger partial charge in [0.2, 0.25) is 5.91 Å². The lowest BCUT2D eigenvalue weighted by Crippen LogP contribution is -2.36. The minimum atomic E-state index is 0.116. The summed E-state index contributed by atoms with van der Waals surface area (Å²) in [5, 5.41) is 3.10. The highest BCUT2D eigenvalue weighted by Gasteiger charge is 2.26. The van der Waals surface area contributed by atoms with E-state index in [2.05, 4.69) is 10.2 Å². The van der Waals surface area contributed by atoms with Crippen LogP contribution < -0.4 is 10.2 Å². The number of hydrogen-bond donors (Lipinski definition) is 1. The Morgan fingerprint density at radius 1 is 0.821 bits per heavy atom. The smallest absolute Gasteiger partial charge is 0.256 e. The van der Waals surface area contributed by atoms with Crippen molar-refractivity contribution >= 4 is 23.2 Å². The highest BCUT2D eigenvalue weighted by molar-refractivity contribution is 6.02. The summed E-state index contributed by atoms with van der Waals surface area (Å²) in [7, 11) is 0. The Morgan fingerprint density at radius 3 is 2.18 bits per heavy atom. The van der Waals surface area contributed by atoms with Crippen LogP contribution in [0.5, 0.6) is 0 Å². The van der Waals surface area contributed by atoms with Crippen molar-refractivity contribution in [2.24, 2.45) is 5.92 Å². The van der Waals surface area contributed by atoms with Crippen LogP contribution >= 0.6 is 0 Å². The fourth-order valence-electron chi connectivity index (χ4n) is 4.90. The average molecular weight is 384 g/mol. The van der Waals surface area contributed by atoms with Crippen molar-refractivity contribution < 1.29 is 9.59 Å². The van der Waals surface area contributed by atoms with Crippen molar-refractivity contribution in [3.05, 3.63) is 23.8 Å². The first-order valence-electron chi connectivity index (χ1n) is 11.2. The number of hydrogen-bond acceptors (Lipinski definition) is 3. The lowest BCUT2D eigenvalue weighted by Gasteiger charge is -2.29. The van der Waals surface area contributed by atoms with Crippen LogP contribution in [0.3, 0.4) is 0 Å². The number of carbonyl (C=O) groups excluding carboxylic acids is 2. The molecule has 1 aliphatic carbocycles. The Bertz CT molecular complexity index is 700. The molecule has 0 aromatic heterocycles. The summed E-state index contributed by atoms with van der Waals surface area (Å²) in [5.41, 5.74) is 2.55. The van der Waals surface area contributed by atoms with E-state index in [9.17, 15) is 9.59 Å². The minimum Gasteiger partial charge on any atom is -0.371 e. The lowest BCUT2D eigenvalue weighted by molar-refractivity contribution is -0.120. The summed E-state index contributed by atoms with van der Waals surface area (Å²) in [4.78, 5) is 30.3. The van der Waals surface area contributed by atoms with E-state index in [1.54, 1.807) is 0 Å². The quantitative estimate of drug-likeness (QED) is 0.837. The zero-order valence-electron chi connectivity index (χ0n) is 16.9. The highest BCUT2D eigenvalue weighted by atomic mass is 16.2. The van der Waals surface area contributed by atoms with E-state index < -0.39 is 0 Å². The second-order valence-corrected chi connectivity index (χ2v) is 8.60. The SMILES string of the molecule is O=C(Nc1ccc(N2CCCC2)c(C(=O)N2CCCCC2)c1)C1CCCCC1. The van der Waals surface area contributed by atoms with Gasteiger partial charge in [-0.15, -0.1) is 0 Å². The van der Waals surface area contributed by atoms with Gasteiger partial charge in [0, 0.05) is 43.5 Å². The van der Waals surface area contributed by atoms with E-state index in [4.69, 9.17) is 0 Å². The number of anilines is 2. The molecule has 0 unspecified atom stereocenters. The summed E-state index contributed by atoms with van der Waals surface area (Å²) in [5.74, 6) is 0.355. The molecule has 3 fully saturated rings. The number of carbonyl (C=O) groups is 2. The molecule has 2 heterocycles. The predicted molar refractivity (Wildman–Crippen MR) is 113 cm³/mol. The molecule has 5 heteroatoms. The van der Waals surface area contributed by atoms with Crippen LogP contribution in [0.1, 0.15) is 74.6 Å². The van der Waals surface area contributed by atoms with Gasteiger partial charge >= 0.3 is 0 Å². The number of nitrogens with zero attached hydrogens (tertiary/aromatic N) is 2. The van der Waals surface area contributed by atoms with Gasteiger partial charge in [-0.05, 0) is 63.1 Å². The van der Waals surface area contributed by atoms with Gasteiger partial charge in [-0.1, -0.05) is 19.3 Å². The molecule has 5 nitrogen and oxygen atoms in total. The first-order chi connectivity index (χ1) is 13.7. The molecular formula is C23H33N3O2. The number of nitrogens with one attached hydrogen (secondary N) is 1. The first kappa shape index (κ1) is 19.3. The Kier molecular flexibility index (Phi) is 6.18. The van der Waals surface area contributed by atoms with Crippen molar-refractivity contribution in [1.82, 2.24) is 4.90 Å². The van der Waals surface area contributed by atoms with E-state index >= 15 is 0 Å². The molecule has 1 aromatic carbocycles. The molecule has 152 valence electrons. The van der Waals surface area contributed by atoms with Crippen LogP contribution in [0.15, 0.2) is 18.2 Å². The molecule has 4 rings (SSSR count). The molecule has 1 aromatic rings.